The summed E-state index contributed by atoms with van der Waals surface area (Å²) in [6, 6.07) is 27.7. The maximum absolute atomic E-state index is 14.0. The van der Waals surface area contributed by atoms with Crippen LogP contribution in [-0.4, -0.2) is 57.3 Å². The lowest BCUT2D eigenvalue weighted by Gasteiger charge is -2.27. The van der Waals surface area contributed by atoms with Crippen molar-refractivity contribution in [3.05, 3.63) is 144 Å². The third-order valence-electron chi connectivity index (χ3n) is 9.75. The van der Waals surface area contributed by atoms with Gasteiger partial charge in [0.1, 0.15) is 29.6 Å². The van der Waals surface area contributed by atoms with Crippen LogP contribution in [0.5, 0.6) is 23.0 Å². The lowest BCUT2D eigenvalue weighted by molar-refractivity contribution is 0.296. The van der Waals surface area contributed by atoms with Gasteiger partial charge in [-0.05, 0) is 96.5 Å². The molecular weight excluding hydrogens is 749 g/mol. The van der Waals surface area contributed by atoms with Crippen molar-refractivity contribution in [1.82, 2.24) is 8.61 Å². The first-order valence-corrected chi connectivity index (χ1v) is 21.8. The van der Waals surface area contributed by atoms with Crippen molar-refractivity contribution < 1.29 is 35.8 Å². The minimum atomic E-state index is -3.71. The van der Waals surface area contributed by atoms with Crippen molar-refractivity contribution >= 4 is 20.0 Å². The van der Waals surface area contributed by atoms with Crippen molar-refractivity contribution in [1.29, 1.82) is 0 Å². The van der Waals surface area contributed by atoms with E-state index >= 15 is 0 Å². The summed E-state index contributed by atoms with van der Waals surface area (Å²) in [5, 5.41) is -1.18. The molecule has 56 heavy (non-hydrogen) atoms. The number of ether oxygens (including phenoxy) is 4. The second kappa shape index (κ2) is 21.1. The lowest BCUT2D eigenvalue weighted by atomic mass is 10.1. The van der Waals surface area contributed by atoms with E-state index in [1.54, 1.807) is 33.5 Å². The first-order chi connectivity index (χ1) is 26.9. The van der Waals surface area contributed by atoms with Crippen LogP contribution in [0.15, 0.2) is 116 Å². The summed E-state index contributed by atoms with van der Waals surface area (Å²) in [6.45, 7) is 12.2. The summed E-state index contributed by atoms with van der Waals surface area (Å²) < 4.78 is 81.3. The number of benzene rings is 4. The Morgan fingerprint density at radius 2 is 0.929 bits per heavy atom. The second-order valence-corrected chi connectivity index (χ2v) is 17.9. The van der Waals surface area contributed by atoms with Crippen LogP contribution in [-0.2, 0) is 52.8 Å². The van der Waals surface area contributed by atoms with E-state index in [-0.39, 0.29) is 32.8 Å². The molecule has 302 valence electrons. The van der Waals surface area contributed by atoms with E-state index in [4.69, 9.17) is 18.9 Å². The molecule has 0 aliphatic carbocycles. The minimum absolute atomic E-state index is 0.148. The molecule has 10 nitrogen and oxygen atoms in total. The van der Waals surface area contributed by atoms with Crippen LogP contribution in [0.2, 0.25) is 0 Å². The van der Waals surface area contributed by atoms with E-state index in [0.717, 1.165) is 27.8 Å². The molecule has 0 fully saturated rings. The number of hydrogen-bond acceptors (Lipinski definition) is 8. The zero-order valence-corrected chi connectivity index (χ0v) is 34.9. The van der Waals surface area contributed by atoms with Crippen LogP contribution >= 0.6 is 0 Å². The molecule has 4 aromatic carbocycles. The van der Waals surface area contributed by atoms with Crippen molar-refractivity contribution in [3.63, 3.8) is 0 Å². The van der Waals surface area contributed by atoms with Crippen LogP contribution < -0.4 is 18.9 Å². The highest BCUT2D eigenvalue weighted by Crippen LogP contribution is 2.28. The molecule has 2 atom stereocenters. The van der Waals surface area contributed by atoms with E-state index in [1.165, 1.54) is 8.61 Å². The lowest BCUT2D eigenvalue weighted by Crippen LogP contribution is -2.37. The number of allylic oxidation sites excluding steroid dienone is 2. The zero-order valence-electron chi connectivity index (χ0n) is 33.2. The normalized spacial score (nSPS) is 12.9. The summed E-state index contributed by atoms with van der Waals surface area (Å²) in [7, 11) is -2.61. The fraction of sp³-hybridized carbons (Fsp3) is 0.364. The SMILES string of the molecule is C=CC[C@@H](CC)S(=O)(=O)N(Cc1ccc(OC)cc1)Cc1ccc(OCc2cc(CN(Cc3ccc(OC)cc3)S(=O)(=O)[C@@H](CC)CC=C)ccc2OC)cc1. The van der Waals surface area contributed by atoms with E-state index in [9.17, 15) is 16.8 Å². The van der Waals surface area contributed by atoms with Crippen molar-refractivity contribution in [3.8, 4) is 23.0 Å². The van der Waals surface area contributed by atoms with Gasteiger partial charge in [0.05, 0.1) is 31.8 Å². The Bertz CT molecular complexity index is 2070. The van der Waals surface area contributed by atoms with E-state index in [2.05, 4.69) is 13.2 Å². The summed E-state index contributed by atoms with van der Waals surface area (Å²) in [4.78, 5) is 0. The predicted octanol–water partition coefficient (Wildman–Crippen LogP) is 8.66. The van der Waals surface area contributed by atoms with Gasteiger partial charge in [0.15, 0.2) is 0 Å². The maximum Gasteiger partial charge on any atom is 0.217 e. The largest absolute Gasteiger partial charge is 0.497 e. The quantitative estimate of drug-likeness (QED) is 0.0648. The first kappa shape index (κ1) is 44.1. The average molecular weight is 805 g/mol. The fourth-order valence-electron chi connectivity index (χ4n) is 6.43. The Labute approximate surface area is 334 Å². The van der Waals surface area contributed by atoms with Gasteiger partial charge in [-0.1, -0.05) is 68.5 Å². The summed E-state index contributed by atoms with van der Waals surface area (Å²) in [5.74, 6) is 2.59. The van der Waals surface area contributed by atoms with Crippen LogP contribution in [0.25, 0.3) is 0 Å². The number of rotatable bonds is 24. The highest BCUT2D eigenvalue weighted by molar-refractivity contribution is 7.90. The molecule has 0 bridgehead atoms. The summed E-state index contributed by atoms with van der Waals surface area (Å²) in [6.07, 6.45) is 4.94. The summed E-state index contributed by atoms with van der Waals surface area (Å²) in [5.41, 5.74) is 4.03. The van der Waals surface area contributed by atoms with Gasteiger partial charge in [-0.25, -0.2) is 16.8 Å². The molecule has 0 aliphatic heterocycles. The average Bonchev–Trinajstić information content (AvgIpc) is 3.21. The van der Waals surface area contributed by atoms with Crippen LogP contribution in [0.4, 0.5) is 0 Å². The molecule has 0 heterocycles. The molecule has 0 aliphatic rings. The third-order valence-corrected chi connectivity index (χ3v) is 14.4. The highest BCUT2D eigenvalue weighted by Gasteiger charge is 2.32. The van der Waals surface area contributed by atoms with Gasteiger partial charge in [0, 0.05) is 31.7 Å². The second-order valence-electron chi connectivity index (χ2n) is 13.5. The molecule has 4 rings (SSSR count). The van der Waals surface area contributed by atoms with Gasteiger partial charge < -0.3 is 18.9 Å². The number of methoxy groups -OCH3 is 3. The smallest absolute Gasteiger partial charge is 0.217 e. The Morgan fingerprint density at radius 3 is 1.29 bits per heavy atom. The van der Waals surface area contributed by atoms with Gasteiger partial charge in [0.25, 0.3) is 0 Å². The van der Waals surface area contributed by atoms with Gasteiger partial charge >= 0.3 is 0 Å². The molecule has 0 unspecified atom stereocenters. The molecule has 12 heteroatoms. The number of hydrogen-bond donors (Lipinski definition) is 0. The van der Waals surface area contributed by atoms with Gasteiger partial charge in [-0.3, -0.25) is 0 Å². The van der Waals surface area contributed by atoms with E-state index in [0.29, 0.717) is 48.7 Å². The summed E-state index contributed by atoms with van der Waals surface area (Å²) >= 11 is 0. The van der Waals surface area contributed by atoms with Crippen LogP contribution in [0.3, 0.4) is 0 Å². The minimum Gasteiger partial charge on any atom is -0.497 e. The van der Waals surface area contributed by atoms with Gasteiger partial charge in [-0.2, -0.15) is 8.61 Å². The van der Waals surface area contributed by atoms with Crippen molar-refractivity contribution in [2.75, 3.05) is 21.3 Å². The van der Waals surface area contributed by atoms with E-state index < -0.39 is 30.5 Å². The molecule has 4 aromatic rings. The Kier molecular flexibility index (Phi) is 16.6. The van der Waals surface area contributed by atoms with E-state index in [1.807, 2.05) is 105 Å². The standard InChI is InChI=1S/C44H56N2O8S2/c1-8-12-42(10-3)55(47,48)45(29-34-14-21-39(51-5)22-15-34)30-36-18-25-41(26-19-36)54-33-38-28-37(20-27-44(38)53-7)32-46(56(49,50)43(11-4)13-9-2)31-35-16-23-40(52-6)24-17-35/h8-9,14-28,42-43H,1-2,10-13,29-33H2,3-7H3/t42-,43+/m1/s1. The van der Waals surface area contributed by atoms with Crippen molar-refractivity contribution in [2.45, 2.75) is 82.8 Å². The Balaban J connectivity index is 1.54. The molecule has 0 radical (unpaired) electrons. The van der Waals surface area contributed by atoms with Crippen LogP contribution in [0, 0.1) is 0 Å². The monoisotopic (exact) mass is 804 g/mol. The molecule has 0 saturated heterocycles. The highest BCUT2D eigenvalue weighted by atomic mass is 32.2. The Morgan fingerprint density at radius 1 is 0.554 bits per heavy atom. The zero-order chi connectivity index (χ0) is 40.7. The molecule has 0 saturated carbocycles. The number of nitrogens with zero attached hydrogens (tertiary/aromatic N) is 2. The molecule has 0 amide bonds. The molecule has 0 aromatic heterocycles. The predicted molar refractivity (Wildman–Crippen MR) is 224 cm³/mol. The van der Waals surface area contributed by atoms with Gasteiger partial charge in [0.2, 0.25) is 20.0 Å². The van der Waals surface area contributed by atoms with Crippen molar-refractivity contribution in [2.24, 2.45) is 0 Å². The number of sulfonamides is 2. The first-order valence-electron chi connectivity index (χ1n) is 18.7. The molecule has 0 spiro atoms. The maximum atomic E-state index is 14.0. The third kappa shape index (κ3) is 11.7. The molecule has 0 N–H and O–H groups in total. The Hall–Kier alpha value is -4.62. The van der Waals surface area contributed by atoms with Gasteiger partial charge in [-0.15, -0.1) is 13.2 Å². The topological polar surface area (TPSA) is 112 Å². The van der Waals surface area contributed by atoms with Crippen LogP contribution in [0.1, 0.15) is 67.3 Å². The fourth-order valence-corrected chi connectivity index (χ4v) is 10.2. The molecular formula is C44H56N2O8S2.